The van der Waals surface area contributed by atoms with Crippen molar-refractivity contribution in [3.05, 3.63) is 70.9 Å². The molecule has 8 heteroatoms. The molecule has 0 aliphatic rings. The van der Waals surface area contributed by atoms with Crippen LogP contribution >= 0.6 is 0 Å². The Morgan fingerprint density at radius 2 is 1.97 bits per heavy atom. The topological polar surface area (TPSA) is 93.6 Å². The molecule has 0 saturated heterocycles. The van der Waals surface area contributed by atoms with E-state index in [1.807, 2.05) is 6.07 Å². The lowest BCUT2D eigenvalue weighted by molar-refractivity contribution is 0.0929. The summed E-state index contributed by atoms with van der Waals surface area (Å²) < 4.78 is 23.2. The van der Waals surface area contributed by atoms with Gasteiger partial charge >= 0.3 is 0 Å². The standard InChI is InChI=1S/C23H24FN3O4/c1-30-10-3-4-19-18-13-16(12-15-5-7-17(24)8-6-15)14-26-20(18)22(28)21(27-19)23(29)25-9-11-31-2/h3-8,13-14,28H,9-12H2,1-2H3,(H,25,29)/b4-3+. The van der Waals surface area contributed by atoms with Gasteiger partial charge in [-0.25, -0.2) is 9.37 Å². The van der Waals surface area contributed by atoms with Crippen LogP contribution < -0.4 is 5.32 Å². The Morgan fingerprint density at radius 1 is 1.19 bits per heavy atom. The largest absolute Gasteiger partial charge is 0.504 e. The summed E-state index contributed by atoms with van der Waals surface area (Å²) in [5, 5.41) is 13.9. The van der Waals surface area contributed by atoms with Gasteiger partial charge in [0.05, 0.1) is 18.9 Å². The molecule has 3 rings (SSSR count). The molecule has 0 bridgehead atoms. The smallest absolute Gasteiger partial charge is 0.273 e. The first kappa shape index (κ1) is 22.3. The van der Waals surface area contributed by atoms with Crippen molar-refractivity contribution >= 4 is 22.9 Å². The number of halogens is 1. The molecule has 31 heavy (non-hydrogen) atoms. The average molecular weight is 425 g/mol. The van der Waals surface area contributed by atoms with Gasteiger partial charge in [0.15, 0.2) is 11.4 Å². The Morgan fingerprint density at radius 3 is 2.68 bits per heavy atom. The Bertz CT molecular complexity index is 1080. The van der Waals surface area contributed by atoms with Crippen LogP contribution in [0.5, 0.6) is 5.75 Å². The lowest BCUT2D eigenvalue weighted by Gasteiger charge is -2.11. The number of hydrogen-bond donors (Lipinski definition) is 2. The third kappa shape index (κ3) is 5.62. The number of carbonyl (C=O) groups excluding carboxylic acids is 1. The van der Waals surface area contributed by atoms with E-state index in [-0.39, 0.29) is 29.3 Å². The highest BCUT2D eigenvalue weighted by Gasteiger charge is 2.19. The van der Waals surface area contributed by atoms with Gasteiger partial charge in [-0.1, -0.05) is 18.2 Å². The highest BCUT2D eigenvalue weighted by molar-refractivity contribution is 6.02. The number of hydrogen-bond acceptors (Lipinski definition) is 6. The molecule has 0 saturated carbocycles. The zero-order valence-corrected chi connectivity index (χ0v) is 17.4. The SMILES string of the molecule is COC/C=C/c1nc(C(=O)NCCOC)c(O)c2ncc(Cc3ccc(F)cc3)cc12. The van der Waals surface area contributed by atoms with E-state index in [9.17, 15) is 14.3 Å². The highest BCUT2D eigenvalue weighted by atomic mass is 19.1. The molecule has 0 fully saturated rings. The quantitative estimate of drug-likeness (QED) is 0.512. The molecule has 2 heterocycles. The number of rotatable bonds is 9. The molecule has 0 aliphatic heterocycles. The predicted molar refractivity (Wildman–Crippen MR) is 116 cm³/mol. The molecular formula is C23H24FN3O4. The summed E-state index contributed by atoms with van der Waals surface area (Å²) in [6.45, 7) is 0.987. The van der Waals surface area contributed by atoms with Gasteiger partial charge in [-0.2, -0.15) is 0 Å². The molecular weight excluding hydrogens is 401 g/mol. The van der Waals surface area contributed by atoms with E-state index in [0.717, 1.165) is 11.1 Å². The number of nitrogens with one attached hydrogen (secondary N) is 1. The molecule has 7 nitrogen and oxygen atoms in total. The summed E-state index contributed by atoms with van der Waals surface area (Å²) in [4.78, 5) is 21.3. The number of carbonyl (C=O) groups is 1. The second kappa shape index (κ2) is 10.6. The van der Waals surface area contributed by atoms with Crippen molar-refractivity contribution in [2.45, 2.75) is 6.42 Å². The van der Waals surface area contributed by atoms with Crippen molar-refractivity contribution in [3.63, 3.8) is 0 Å². The second-order valence-corrected chi connectivity index (χ2v) is 6.84. The van der Waals surface area contributed by atoms with Crippen LogP contribution in [0.4, 0.5) is 4.39 Å². The Labute approximate surface area is 179 Å². The van der Waals surface area contributed by atoms with Gasteiger partial charge in [-0.15, -0.1) is 0 Å². The molecule has 1 amide bonds. The van der Waals surface area contributed by atoms with Gasteiger partial charge in [0, 0.05) is 32.3 Å². The van der Waals surface area contributed by atoms with Crippen LogP contribution in [0.3, 0.4) is 0 Å². The van der Waals surface area contributed by atoms with Crippen molar-refractivity contribution in [3.8, 4) is 5.75 Å². The molecule has 0 aliphatic carbocycles. The summed E-state index contributed by atoms with van der Waals surface area (Å²) in [5.41, 5.74) is 2.42. The molecule has 1 aromatic carbocycles. The molecule has 3 aromatic rings. The lowest BCUT2D eigenvalue weighted by atomic mass is 10.0. The Balaban J connectivity index is 2.02. The van der Waals surface area contributed by atoms with Crippen molar-refractivity contribution < 1.29 is 23.8 Å². The normalized spacial score (nSPS) is 11.3. The Hall–Kier alpha value is -3.36. The summed E-state index contributed by atoms with van der Waals surface area (Å²) in [7, 11) is 3.10. The second-order valence-electron chi connectivity index (χ2n) is 6.84. The first-order valence-electron chi connectivity index (χ1n) is 9.72. The minimum atomic E-state index is -0.518. The van der Waals surface area contributed by atoms with E-state index in [2.05, 4.69) is 15.3 Å². The predicted octanol–water partition coefficient (Wildman–Crippen LogP) is 3.10. The number of benzene rings is 1. The fourth-order valence-electron chi connectivity index (χ4n) is 3.06. The van der Waals surface area contributed by atoms with E-state index in [4.69, 9.17) is 9.47 Å². The number of aromatic nitrogens is 2. The number of fused-ring (bicyclic) bond motifs is 1. The van der Waals surface area contributed by atoms with Gasteiger partial charge in [-0.3, -0.25) is 9.78 Å². The molecule has 0 spiro atoms. The van der Waals surface area contributed by atoms with Gasteiger partial charge in [0.25, 0.3) is 5.91 Å². The average Bonchev–Trinajstić information content (AvgIpc) is 2.77. The maximum atomic E-state index is 13.2. The number of amides is 1. The highest BCUT2D eigenvalue weighted by Crippen LogP contribution is 2.30. The fraction of sp³-hybridized carbons (Fsp3) is 0.261. The van der Waals surface area contributed by atoms with Crippen LogP contribution in [-0.4, -0.2) is 55.0 Å². The number of ether oxygens (including phenoxy) is 2. The minimum Gasteiger partial charge on any atom is -0.504 e. The fourth-order valence-corrected chi connectivity index (χ4v) is 3.06. The summed E-state index contributed by atoms with van der Waals surface area (Å²) in [5.74, 6) is -1.10. The van der Waals surface area contributed by atoms with Crippen molar-refractivity contribution in [2.75, 3.05) is 34.0 Å². The van der Waals surface area contributed by atoms with Gasteiger partial charge in [0.1, 0.15) is 11.3 Å². The molecule has 2 N–H and O–H groups in total. The number of nitrogens with zero attached hydrogens (tertiary/aromatic N) is 2. The number of pyridine rings is 2. The molecule has 0 atom stereocenters. The molecule has 2 aromatic heterocycles. The van der Waals surface area contributed by atoms with E-state index >= 15 is 0 Å². The van der Waals surface area contributed by atoms with Gasteiger partial charge < -0.3 is 19.9 Å². The van der Waals surface area contributed by atoms with Gasteiger partial charge in [-0.05, 0) is 41.8 Å². The summed E-state index contributed by atoms with van der Waals surface area (Å²) in [6, 6.07) is 8.09. The van der Waals surface area contributed by atoms with E-state index in [1.165, 1.54) is 19.2 Å². The molecule has 162 valence electrons. The van der Waals surface area contributed by atoms with Gasteiger partial charge in [0.2, 0.25) is 0 Å². The molecule has 0 unspecified atom stereocenters. The van der Waals surface area contributed by atoms with E-state index in [1.54, 1.807) is 37.6 Å². The number of methoxy groups -OCH3 is 2. The molecule has 0 radical (unpaired) electrons. The van der Waals surface area contributed by atoms with E-state index in [0.29, 0.717) is 30.7 Å². The monoisotopic (exact) mass is 425 g/mol. The summed E-state index contributed by atoms with van der Waals surface area (Å²) in [6.07, 6.45) is 5.64. The maximum absolute atomic E-state index is 13.2. The maximum Gasteiger partial charge on any atom is 0.273 e. The zero-order chi connectivity index (χ0) is 22.2. The van der Waals surface area contributed by atoms with Crippen molar-refractivity contribution in [1.82, 2.24) is 15.3 Å². The van der Waals surface area contributed by atoms with Crippen molar-refractivity contribution in [2.24, 2.45) is 0 Å². The minimum absolute atomic E-state index is 0.112. The van der Waals surface area contributed by atoms with Crippen LogP contribution in [-0.2, 0) is 15.9 Å². The lowest BCUT2D eigenvalue weighted by Crippen LogP contribution is -2.28. The van der Waals surface area contributed by atoms with Crippen LogP contribution in [0.25, 0.3) is 17.0 Å². The van der Waals surface area contributed by atoms with Crippen LogP contribution in [0.1, 0.15) is 27.3 Å². The van der Waals surface area contributed by atoms with Crippen LogP contribution in [0, 0.1) is 5.82 Å². The first-order valence-corrected chi connectivity index (χ1v) is 9.72. The van der Waals surface area contributed by atoms with Crippen LogP contribution in [0.15, 0.2) is 42.6 Å². The first-order chi connectivity index (χ1) is 15.0. The zero-order valence-electron chi connectivity index (χ0n) is 17.4. The third-order valence-electron chi connectivity index (χ3n) is 4.57. The van der Waals surface area contributed by atoms with Crippen LogP contribution in [0.2, 0.25) is 0 Å². The third-order valence-corrected chi connectivity index (χ3v) is 4.57. The van der Waals surface area contributed by atoms with Crippen molar-refractivity contribution in [1.29, 1.82) is 0 Å². The summed E-state index contributed by atoms with van der Waals surface area (Å²) >= 11 is 0. The Kier molecular flexibility index (Phi) is 7.64. The van der Waals surface area contributed by atoms with E-state index < -0.39 is 5.91 Å². The number of aromatic hydroxyl groups is 1.